The first-order valence-electron chi connectivity index (χ1n) is 6.48. The molecule has 1 fully saturated rings. The van der Waals surface area contributed by atoms with Crippen LogP contribution < -0.4 is 10.2 Å². The second-order valence-corrected chi connectivity index (χ2v) is 4.74. The van der Waals surface area contributed by atoms with Crippen LogP contribution in [0.25, 0.3) is 0 Å². The molecule has 2 rings (SSSR count). The molecule has 0 saturated carbocycles. The maximum Gasteiger partial charge on any atom is 0.247 e. The van der Waals surface area contributed by atoms with E-state index in [4.69, 9.17) is 0 Å². The van der Waals surface area contributed by atoms with E-state index in [0.717, 1.165) is 43.7 Å². The second kappa shape index (κ2) is 5.80. The SMILES string of the molecule is CCCNc1cnnc(N2CCC(C)CC2)n1. The summed E-state index contributed by atoms with van der Waals surface area (Å²) < 4.78 is 0. The monoisotopic (exact) mass is 235 g/mol. The molecule has 5 heteroatoms. The summed E-state index contributed by atoms with van der Waals surface area (Å²) in [7, 11) is 0. The molecule has 1 aromatic heterocycles. The molecule has 1 N–H and O–H groups in total. The van der Waals surface area contributed by atoms with Crippen LogP contribution in [0, 0.1) is 5.92 Å². The van der Waals surface area contributed by atoms with Crippen molar-refractivity contribution in [3.63, 3.8) is 0 Å². The molecule has 0 amide bonds. The molecular weight excluding hydrogens is 214 g/mol. The van der Waals surface area contributed by atoms with E-state index < -0.39 is 0 Å². The first kappa shape index (κ1) is 12.1. The molecule has 0 radical (unpaired) electrons. The summed E-state index contributed by atoms with van der Waals surface area (Å²) >= 11 is 0. The Morgan fingerprint density at radius 1 is 1.41 bits per heavy atom. The lowest BCUT2D eigenvalue weighted by atomic mass is 10.00. The summed E-state index contributed by atoms with van der Waals surface area (Å²) in [6.07, 6.45) is 5.21. The zero-order valence-electron chi connectivity index (χ0n) is 10.7. The molecule has 1 saturated heterocycles. The third-order valence-corrected chi connectivity index (χ3v) is 3.17. The third-order valence-electron chi connectivity index (χ3n) is 3.17. The average molecular weight is 235 g/mol. The van der Waals surface area contributed by atoms with Crippen molar-refractivity contribution < 1.29 is 0 Å². The van der Waals surface area contributed by atoms with Crippen molar-refractivity contribution in [3.05, 3.63) is 6.20 Å². The number of hydrogen-bond acceptors (Lipinski definition) is 5. The number of anilines is 2. The summed E-state index contributed by atoms with van der Waals surface area (Å²) in [6.45, 7) is 7.44. The van der Waals surface area contributed by atoms with Crippen molar-refractivity contribution in [1.29, 1.82) is 0 Å². The lowest BCUT2D eigenvalue weighted by Crippen LogP contribution is -2.34. The summed E-state index contributed by atoms with van der Waals surface area (Å²) in [4.78, 5) is 6.73. The molecule has 1 aliphatic rings. The molecule has 2 heterocycles. The van der Waals surface area contributed by atoms with Crippen molar-refractivity contribution in [1.82, 2.24) is 15.2 Å². The van der Waals surface area contributed by atoms with Crippen molar-refractivity contribution in [2.75, 3.05) is 29.9 Å². The maximum absolute atomic E-state index is 4.50. The van der Waals surface area contributed by atoms with E-state index in [1.165, 1.54) is 12.8 Å². The molecule has 0 aromatic carbocycles. The predicted octanol–water partition coefficient (Wildman–Crippen LogP) is 1.93. The summed E-state index contributed by atoms with van der Waals surface area (Å²) in [6, 6.07) is 0. The van der Waals surface area contributed by atoms with Crippen LogP contribution >= 0.6 is 0 Å². The fraction of sp³-hybridized carbons (Fsp3) is 0.750. The zero-order valence-corrected chi connectivity index (χ0v) is 10.7. The minimum atomic E-state index is 0.762. The minimum absolute atomic E-state index is 0.762. The quantitative estimate of drug-likeness (QED) is 0.864. The van der Waals surface area contributed by atoms with E-state index in [-0.39, 0.29) is 0 Å². The largest absolute Gasteiger partial charge is 0.369 e. The van der Waals surface area contributed by atoms with Crippen molar-refractivity contribution in [3.8, 4) is 0 Å². The summed E-state index contributed by atoms with van der Waals surface area (Å²) in [5, 5.41) is 11.4. The molecule has 0 bridgehead atoms. The van der Waals surface area contributed by atoms with Gasteiger partial charge in [-0.25, -0.2) is 0 Å². The lowest BCUT2D eigenvalue weighted by Gasteiger charge is -2.29. The van der Waals surface area contributed by atoms with Crippen LogP contribution in [0.15, 0.2) is 6.20 Å². The van der Waals surface area contributed by atoms with Gasteiger partial charge in [-0.05, 0) is 25.2 Å². The summed E-state index contributed by atoms with van der Waals surface area (Å²) in [5.74, 6) is 2.41. The van der Waals surface area contributed by atoms with Crippen LogP contribution in [0.5, 0.6) is 0 Å². The van der Waals surface area contributed by atoms with Crippen LogP contribution in [-0.2, 0) is 0 Å². The number of aromatic nitrogens is 3. The molecule has 5 nitrogen and oxygen atoms in total. The molecule has 17 heavy (non-hydrogen) atoms. The highest BCUT2D eigenvalue weighted by molar-refractivity contribution is 5.39. The Morgan fingerprint density at radius 2 is 2.18 bits per heavy atom. The van der Waals surface area contributed by atoms with Gasteiger partial charge in [-0.1, -0.05) is 13.8 Å². The molecule has 1 aliphatic heterocycles. The van der Waals surface area contributed by atoms with Gasteiger partial charge in [-0.2, -0.15) is 10.1 Å². The Morgan fingerprint density at radius 3 is 2.88 bits per heavy atom. The third kappa shape index (κ3) is 3.28. The molecule has 94 valence electrons. The Balaban J connectivity index is 2.00. The van der Waals surface area contributed by atoms with Crippen LogP contribution in [0.4, 0.5) is 11.8 Å². The Labute approximate surface area is 103 Å². The van der Waals surface area contributed by atoms with Crippen LogP contribution in [-0.4, -0.2) is 34.8 Å². The number of nitrogens with one attached hydrogen (secondary N) is 1. The van der Waals surface area contributed by atoms with Crippen molar-refractivity contribution in [2.45, 2.75) is 33.1 Å². The van der Waals surface area contributed by atoms with Gasteiger partial charge in [-0.3, -0.25) is 0 Å². The van der Waals surface area contributed by atoms with E-state index in [0.29, 0.717) is 0 Å². The van der Waals surface area contributed by atoms with Gasteiger partial charge in [0.2, 0.25) is 5.95 Å². The van der Waals surface area contributed by atoms with E-state index in [1.54, 1.807) is 6.20 Å². The highest BCUT2D eigenvalue weighted by atomic mass is 15.3. The fourth-order valence-corrected chi connectivity index (χ4v) is 1.97. The molecular formula is C12H21N5. The van der Waals surface area contributed by atoms with E-state index in [1.807, 2.05) is 0 Å². The van der Waals surface area contributed by atoms with Crippen molar-refractivity contribution >= 4 is 11.8 Å². The number of piperidine rings is 1. The van der Waals surface area contributed by atoms with E-state index in [2.05, 4.69) is 39.2 Å². The lowest BCUT2D eigenvalue weighted by molar-refractivity contribution is 0.433. The highest BCUT2D eigenvalue weighted by Crippen LogP contribution is 2.19. The molecule has 1 aromatic rings. The van der Waals surface area contributed by atoms with E-state index in [9.17, 15) is 0 Å². The topological polar surface area (TPSA) is 53.9 Å². The van der Waals surface area contributed by atoms with Crippen LogP contribution in [0.1, 0.15) is 33.1 Å². The first-order chi connectivity index (χ1) is 8.29. The Kier molecular flexibility index (Phi) is 4.12. The first-order valence-corrected chi connectivity index (χ1v) is 6.48. The number of nitrogens with zero attached hydrogens (tertiary/aromatic N) is 4. The van der Waals surface area contributed by atoms with Gasteiger partial charge in [0, 0.05) is 19.6 Å². The maximum atomic E-state index is 4.50. The van der Waals surface area contributed by atoms with Crippen LogP contribution in [0.3, 0.4) is 0 Å². The fourth-order valence-electron chi connectivity index (χ4n) is 1.97. The second-order valence-electron chi connectivity index (χ2n) is 4.74. The Bertz CT molecular complexity index is 347. The average Bonchev–Trinajstić information content (AvgIpc) is 2.37. The molecule has 0 aliphatic carbocycles. The molecule has 0 unspecified atom stereocenters. The van der Waals surface area contributed by atoms with Gasteiger partial charge in [0.1, 0.15) is 0 Å². The Hall–Kier alpha value is -1.39. The van der Waals surface area contributed by atoms with Gasteiger partial charge in [0.05, 0.1) is 6.20 Å². The number of rotatable bonds is 4. The van der Waals surface area contributed by atoms with Crippen LogP contribution in [0.2, 0.25) is 0 Å². The number of hydrogen-bond donors (Lipinski definition) is 1. The zero-order chi connectivity index (χ0) is 12.1. The highest BCUT2D eigenvalue weighted by Gasteiger charge is 2.18. The predicted molar refractivity (Wildman–Crippen MR) is 69.2 cm³/mol. The van der Waals surface area contributed by atoms with Gasteiger partial charge < -0.3 is 10.2 Å². The smallest absolute Gasteiger partial charge is 0.247 e. The molecule has 0 spiro atoms. The summed E-state index contributed by atoms with van der Waals surface area (Å²) in [5.41, 5.74) is 0. The van der Waals surface area contributed by atoms with Gasteiger partial charge in [0.25, 0.3) is 0 Å². The van der Waals surface area contributed by atoms with Gasteiger partial charge in [-0.15, -0.1) is 5.10 Å². The normalized spacial score (nSPS) is 17.2. The van der Waals surface area contributed by atoms with Gasteiger partial charge >= 0.3 is 0 Å². The minimum Gasteiger partial charge on any atom is -0.369 e. The molecule has 0 atom stereocenters. The van der Waals surface area contributed by atoms with E-state index >= 15 is 0 Å². The van der Waals surface area contributed by atoms with Crippen molar-refractivity contribution in [2.24, 2.45) is 5.92 Å². The standard InChI is InChI=1S/C12H21N5/c1-3-6-13-11-9-14-16-12(15-11)17-7-4-10(2)5-8-17/h9-10H,3-8H2,1-2H3,(H,13,15,16). The van der Waals surface area contributed by atoms with Gasteiger partial charge in [0.15, 0.2) is 5.82 Å².